The van der Waals surface area contributed by atoms with Crippen molar-refractivity contribution >= 4 is 11.7 Å². The number of ether oxygens (including phenoxy) is 2. The van der Waals surface area contributed by atoms with Crippen LogP contribution >= 0.6 is 0 Å². The van der Waals surface area contributed by atoms with Gasteiger partial charge in [0.1, 0.15) is 0 Å². The van der Waals surface area contributed by atoms with Crippen LogP contribution in [0, 0.1) is 5.82 Å². The molecule has 0 aliphatic heterocycles. The number of anilines is 1. The van der Waals surface area contributed by atoms with Crippen LogP contribution in [0.15, 0.2) is 12.1 Å². The Morgan fingerprint density at radius 2 is 2.11 bits per heavy atom. The van der Waals surface area contributed by atoms with E-state index < -0.39 is 29.8 Å². The van der Waals surface area contributed by atoms with Gasteiger partial charge in [-0.2, -0.15) is 8.78 Å². The molecule has 1 aromatic carbocycles. The molecule has 4 nitrogen and oxygen atoms in total. The lowest BCUT2D eigenvalue weighted by molar-refractivity contribution is -0.142. The van der Waals surface area contributed by atoms with Crippen molar-refractivity contribution in [2.24, 2.45) is 0 Å². The zero-order valence-electron chi connectivity index (χ0n) is 9.58. The summed E-state index contributed by atoms with van der Waals surface area (Å²) in [6.45, 7) is -1.33. The highest BCUT2D eigenvalue weighted by Gasteiger charge is 2.17. The van der Waals surface area contributed by atoms with Crippen LogP contribution in [0.25, 0.3) is 0 Å². The molecule has 0 atom stereocenters. The number of carbonyl (C=O) groups is 1. The van der Waals surface area contributed by atoms with Crippen molar-refractivity contribution in [2.45, 2.75) is 20.0 Å². The van der Waals surface area contributed by atoms with Crippen LogP contribution in [0.1, 0.15) is 12.5 Å². The first kappa shape index (κ1) is 14.1. The highest BCUT2D eigenvalue weighted by Crippen LogP contribution is 2.27. The SMILES string of the molecule is CCOC(=O)Cc1ccc(OC(F)F)c(F)c1N. The molecule has 0 amide bonds. The first-order chi connectivity index (χ1) is 8.45. The summed E-state index contributed by atoms with van der Waals surface area (Å²) in [5.41, 5.74) is 5.15. The molecule has 0 fully saturated rings. The third kappa shape index (κ3) is 3.54. The zero-order valence-corrected chi connectivity index (χ0v) is 9.58. The van der Waals surface area contributed by atoms with E-state index in [-0.39, 0.29) is 18.6 Å². The summed E-state index contributed by atoms with van der Waals surface area (Å²) in [5, 5.41) is 0. The van der Waals surface area contributed by atoms with Gasteiger partial charge in [0.2, 0.25) is 0 Å². The average Bonchev–Trinajstić information content (AvgIpc) is 2.29. The molecule has 18 heavy (non-hydrogen) atoms. The van der Waals surface area contributed by atoms with Crippen molar-refractivity contribution in [3.63, 3.8) is 0 Å². The predicted molar refractivity (Wildman–Crippen MR) is 57.8 cm³/mol. The number of rotatable bonds is 5. The van der Waals surface area contributed by atoms with Crippen molar-refractivity contribution < 1.29 is 27.4 Å². The molecule has 0 bridgehead atoms. The van der Waals surface area contributed by atoms with E-state index >= 15 is 0 Å². The van der Waals surface area contributed by atoms with Gasteiger partial charge in [0.05, 0.1) is 18.7 Å². The lowest BCUT2D eigenvalue weighted by Gasteiger charge is -2.10. The van der Waals surface area contributed by atoms with E-state index in [0.717, 1.165) is 6.07 Å². The standard InChI is InChI=1S/C11H12F3NO3/c1-2-17-8(16)5-6-3-4-7(18-11(13)14)9(12)10(6)15/h3-4,11H,2,5,15H2,1H3. The lowest BCUT2D eigenvalue weighted by atomic mass is 10.1. The van der Waals surface area contributed by atoms with Crippen molar-refractivity contribution in [3.05, 3.63) is 23.5 Å². The van der Waals surface area contributed by atoms with Crippen molar-refractivity contribution in [3.8, 4) is 5.75 Å². The summed E-state index contributed by atoms with van der Waals surface area (Å²) in [7, 11) is 0. The third-order valence-electron chi connectivity index (χ3n) is 2.09. The van der Waals surface area contributed by atoms with Gasteiger partial charge >= 0.3 is 12.6 Å². The number of benzene rings is 1. The Hall–Kier alpha value is -1.92. The quantitative estimate of drug-likeness (QED) is 0.653. The van der Waals surface area contributed by atoms with Gasteiger partial charge < -0.3 is 15.2 Å². The van der Waals surface area contributed by atoms with Gasteiger partial charge in [0, 0.05) is 0 Å². The van der Waals surface area contributed by atoms with Gasteiger partial charge in [-0.1, -0.05) is 6.07 Å². The number of hydrogen-bond donors (Lipinski definition) is 1. The van der Waals surface area contributed by atoms with E-state index in [2.05, 4.69) is 9.47 Å². The van der Waals surface area contributed by atoms with Gasteiger partial charge in [-0.05, 0) is 18.6 Å². The maximum absolute atomic E-state index is 13.5. The Labute approximate surface area is 101 Å². The average molecular weight is 263 g/mol. The Morgan fingerprint density at radius 3 is 2.67 bits per heavy atom. The van der Waals surface area contributed by atoms with Gasteiger partial charge in [-0.15, -0.1) is 0 Å². The summed E-state index contributed by atoms with van der Waals surface area (Å²) in [5.74, 6) is -2.35. The normalized spacial score (nSPS) is 10.5. The molecule has 0 saturated carbocycles. The highest BCUT2D eigenvalue weighted by atomic mass is 19.3. The number of carbonyl (C=O) groups excluding carboxylic acids is 1. The lowest BCUT2D eigenvalue weighted by Crippen LogP contribution is -2.11. The highest BCUT2D eigenvalue weighted by molar-refractivity contribution is 5.75. The predicted octanol–water partition coefficient (Wildman–Crippen LogP) is 2.11. The summed E-state index contributed by atoms with van der Waals surface area (Å²) >= 11 is 0. The number of nitrogen functional groups attached to an aromatic ring is 1. The minimum atomic E-state index is -3.14. The molecule has 0 radical (unpaired) electrons. The molecular weight excluding hydrogens is 251 g/mol. The van der Waals surface area contributed by atoms with Crippen LogP contribution in [-0.4, -0.2) is 19.2 Å². The van der Waals surface area contributed by atoms with E-state index in [9.17, 15) is 18.0 Å². The van der Waals surface area contributed by atoms with Crippen LogP contribution in [0.5, 0.6) is 5.75 Å². The topological polar surface area (TPSA) is 61.5 Å². The molecule has 0 aliphatic carbocycles. The van der Waals surface area contributed by atoms with E-state index in [4.69, 9.17) is 5.73 Å². The number of esters is 1. The smallest absolute Gasteiger partial charge is 0.387 e. The molecule has 0 saturated heterocycles. The van der Waals surface area contributed by atoms with Gasteiger partial charge in [0.15, 0.2) is 11.6 Å². The van der Waals surface area contributed by atoms with Gasteiger partial charge in [0.25, 0.3) is 0 Å². The summed E-state index contributed by atoms with van der Waals surface area (Å²) in [6.07, 6.45) is -0.231. The fourth-order valence-corrected chi connectivity index (χ4v) is 1.32. The number of halogens is 3. The molecule has 0 aliphatic rings. The first-order valence-electron chi connectivity index (χ1n) is 5.13. The molecule has 100 valence electrons. The molecule has 0 heterocycles. The van der Waals surface area contributed by atoms with Crippen molar-refractivity contribution in [1.29, 1.82) is 0 Å². The molecule has 0 spiro atoms. The summed E-state index contributed by atoms with van der Waals surface area (Å²) in [6, 6.07) is 2.24. The van der Waals surface area contributed by atoms with E-state index in [1.807, 2.05) is 0 Å². The minimum absolute atomic E-state index is 0.160. The molecule has 0 unspecified atom stereocenters. The van der Waals surface area contributed by atoms with Crippen LogP contribution < -0.4 is 10.5 Å². The van der Waals surface area contributed by atoms with Gasteiger partial charge in [-0.25, -0.2) is 4.39 Å². The monoisotopic (exact) mass is 263 g/mol. The molecule has 1 rings (SSSR count). The van der Waals surface area contributed by atoms with Crippen LogP contribution in [0.2, 0.25) is 0 Å². The molecule has 7 heteroatoms. The Bertz CT molecular complexity index is 438. The summed E-state index contributed by atoms with van der Waals surface area (Å²) in [4.78, 5) is 11.2. The number of alkyl halides is 2. The summed E-state index contributed by atoms with van der Waals surface area (Å²) < 4.78 is 46.0. The van der Waals surface area contributed by atoms with Gasteiger partial charge in [-0.3, -0.25) is 4.79 Å². The third-order valence-corrected chi connectivity index (χ3v) is 2.09. The van der Waals surface area contributed by atoms with E-state index in [1.54, 1.807) is 6.92 Å². The van der Waals surface area contributed by atoms with Crippen molar-refractivity contribution in [1.82, 2.24) is 0 Å². The number of hydrogen-bond acceptors (Lipinski definition) is 4. The minimum Gasteiger partial charge on any atom is -0.466 e. The fourth-order valence-electron chi connectivity index (χ4n) is 1.32. The van der Waals surface area contributed by atoms with Crippen LogP contribution in [0.4, 0.5) is 18.9 Å². The van der Waals surface area contributed by atoms with E-state index in [0.29, 0.717) is 0 Å². The second-order valence-electron chi connectivity index (χ2n) is 3.31. The Balaban J connectivity index is 2.90. The molecular formula is C11H12F3NO3. The maximum Gasteiger partial charge on any atom is 0.387 e. The number of nitrogens with two attached hydrogens (primary N) is 1. The Morgan fingerprint density at radius 1 is 1.44 bits per heavy atom. The fraction of sp³-hybridized carbons (Fsp3) is 0.364. The second kappa shape index (κ2) is 6.13. The second-order valence-corrected chi connectivity index (χ2v) is 3.31. The van der Waals surface area contributed by atoms with Crippen molar-refractivity contribution in [2.75, 3.05) is 12.3 Å². The molecule has 0 aromatic heterocycles. The molecule has 1 aromatic rings. The van der Waals surface area contributed by atoms with Crippen LogP contribution in [-0.2, 0) is 16.0 Å². The first-order valence-corrected chi connectivity index (χ1v) is 5.13. The van der Waals surface area contributed by atoms with E-state index in [1.165, 1.54) is 6.07 Å². The zero-order chi connectivity index (χ0) is 13.7. The Kier molecular flexibility index (Phi) is 4.82. The van der Waals surface area contributed by atoms with Crippen LogP contribution in [0.3, 0.4) is 0 Å². The largest absolute Gasteiger partial charge is 0.466 e. The molecule has 2 N–H and O–H groups in total. The maximum atomic E-state index is 13.5.